The van der Waals surface area contributed by atoms with Crippen LogP contribution in [0.25, 0.3) is 22.6 Å². The largest absolute Gasteiger partial charge is 0.485 e. The maximum Gasteiger partial charge on any atom is 0.263 e. The zero-order chi connectivity index (χ0) is 19.6. The average Bonchev–Trinajstić information content (AvgIpc) is 3.42. The van der Waals surface area contributed by atoms with E-state index >= 15 is 0 Å². The zero-order valence-electron chi connectivity index (χ0n) is 16.4. The molecule has 3 aromatic heterocycles. The van der Waals surface area contributed by atoms with Gasteiger partial charge in [0.1, 0.15) is 35.1 Å². The molecule has 0 spiro atoms. The van der Waals surface area contributed by atoms with Gasteiger partial charge in [-0.05, 0) is 56.5 Å². The molecule has 1 aliphatic rings. The normalized spacial score (nSPS) is 14.4. The number of hydrogen-bond acceptors (Lipinski definition) is 6. The van der Waals surface area contributed by atoms with Crippen LogP contribution in [0.15, 0.2) is 57.6 Å². The van der Waals surface area contributed by atoms with Gasteiger partial charge >= 0.3 is 0 Å². The van der Waals surface area contributed by atoms with Crippen molar-refractivity contribution in [3.63, 3.8) is 0 Å². The molecule has 0 N–H and O–H groups in total. The summed E-state index contributed by atoms with van der Waals surface area (Å²) in [5.74, 6) is 3.57. The quantitative estimate of drug-likeness (QED) is 0.458. The van der Waals surface area contributed by atoms with Crippen molar-refractivity contribution in [1.29, 1.82) is 0 Å². The predicted molar refractivity (Wildman–Crippen MR) is 111 cm³/mol. The fraction of sp³-hybridized carbons (Fsp3) is 0.304. The molecule has 0 bridgehead atoms. The second kappa shape index (κ2) is 7.62. The van der Waals surface area contributed by atoms with Crippen molar-refractivity contribution in [2.75, 3.05) is 18.0 Å². The molecule has 1 fully saturated rings. The number of hydrogen-bond donors (Lipinski definition) is 0. The molecule has 0 radical (unpaired) electrons. The molecular formula is C23H23N3O3. The smallest absolute Gasteiger partial charge is 0.263 e. The van der Waals surface area contributed by atoms with Crippen molar-refractivity contribution in [2.45, 2.75) is 32.8 Å². The highest BCUT2D eigenvalue weighted by molar-refractivity contribution is 5.86. The van der Waals surface area contributed by atoms with Crippen LogP contribution >= 0.6 is 0 Å². The molecule has 6 heteroatoms. The number of benzene rings is 1. The van der Waals surface area contributed by atoms with Crippen LogP contribution in [0.4, 0.5) is 5.82 Å². The lowest BCUT2D eigenvalue weighted by atomic mass is 10.1. The minimum atomic E-state index is 0.310. The van der Waals surface area contributed by atoms with Gasteiger partial charge < -0.3 is 18.5 Å². The summed E-state index contributed by atoms with van der Waals surface area (Å²) in [6, 6.07) is 13.9. The summed E-state index contributed by atoms with van der Waals surface area (Å²) in [4.78, 5) is 11.8. The van der Waals surface area contributed by atoms with Crippen molar-refractivity contribution in [2.24, 2.45) is 0 Å². The monoisotopic (exact) mass is 389 g/mol. The van der Waals surface area contributed by atoms with Crippen molar-refractivity contribution in [3.8, 4) is 17.4 Å². The van der Waals surface area contributed by atoms with Gasteiger partial charge in [-0.15, -0.1) is 0 Å². The molecule has 5 rings (SSSR count). The molecule has 148 valence electrons. The number of fused-ring (bicyclic) bond motifs is 1. The van der Waals surface area contributed by atoms with E-state index in [1.54, 1.807) is 6.26 Å². The van der Waals surface area contributed by atoms with Crippen molar-refractivity contribution in [1.82, 2.24) is 9.97 Å². The maximum atomic E-state index is 6.13. The summed E-state index contributed by atoms with van der Waals surface area (Å²) in [6.45, 7) is 4.32. The number of aryl methyl sites for hydroxylation is 1. The van der Waals surface area contributed by atoms with Gasteiger partial charge in [-0.25, -0.2) is 9.97 Å². The second-order valence-electron chi connectivity index (χ2n) is 7.33. The second-order valence-corrected chi connectivity index (χ2v) is 7.33. The minimum Gasteiger partial charge on any atom is -0.485 e. The molecule has 0 unspecified atom stereocenters. The SMILES string of the molecule is Cc1oc(-c2ccco2)nc1COc1cccc2ccc(N3CCCCC3)nc12. The number of oxazole rings is 1. The molecule has 0 saturated carbocycles. The van der Waals surface area contributed by atoms with E-state index in [1.807, 2.05) is 31.2 Å². The Balaban J connectivity index is 1.40. The molecule has 0 amide bonds. The molecule has 1 aromatic carbocycles. The zero-order valence-corrected chi connectivity index (χ0v) is 16.4. The Labute approximate surface area is 169 Å². The first-order chi connectivity index (χ1) is 14.3. The minimum absolute atomic E-state index is 0.310. The lowest BCUT2D eigenvalue weighted by molar-refractivity contribution is 0.302. The van der Waals surface area contributed by atoms with E-state index in [2.05, 4.69) is 28.1 Å². The van der Waals surface area contributed by atoms with Gasteiger partial charge in [0.05, 0.1) is 6.26 Å². The van der Waals surface area contributed by atoms with Gasteiger partial charge in [0.15, 0.2) is 5.76 Å². The topological polar surface area (TPSA) is 64.5 Å². The fourth-order valence-electron chi connectivity index (χ4n) is 3.74. The highest BCUT2D eigenvalue weighted by atomic mass is 16.5. The van der Waals surface area contributed by atoms with E-state index in [1.165, 1.54) is 19.3 Å². The van der Waals surface area contributed by atoms with E-state index in [9.17, 15) is 0 Å². The van der Waals surface area contributed by atoms with Gasteiger partial charge in [-0.2, -0.15) is 0 Å². The van der Waals surface area contributed by atoms with E-state index in [4.69, 9.17) is 18.6 Å². The average molecular weight is 389 g/mol. The number of ether oxygens (including phenoxy) is 1. The van der Waals surface area contributed by atoms with Crippen molar-refractivity contribution >= 4 is 16.7 Å². The Morgan fingerprint density at radius 2 is 1.90 bits per heavy atom. The molecule has 29 heavy (non-hydrogen) atoms. The van der Waals surface area contributed by atoms with Crippen LogP contribution in [-0.2, 0) is 6.61 Å². The third-order valence-electron chi connectivity index (χ3n) is 5.34. The third kappa shape index (κ3) is 3.58. The first-order valence-electron chi connectivity index (χ1n) is 10.1. The fourth-order valence-corrected chi connectivity index (χ4v) is 3.74. The van der Waals surface area contributed by atoms with Crippen LogP contribution < -0.4 is 9.64 Å². The number of piperidine rings is 1. The highest BCUT2D eigenvalue weighted by Gasteiger charge is 2.16. The first kappa shape index (κ1) is 17.8. The molecule has 0 atom stereocenters. The van der Waals surface area contributed by atoms with Crippen molar-refractivity contribution < 1.29 is 13.6 Å². The van der Waals surface area contributed by atoms with Crippen LogP contribution in [0, 0.1) is 6.92 Å². The van der Waals surface area contributed by atoms with Gasteiger partial charge in [0.25, 0.3) is 5.89 Å². The molecular weight excluding hydrogens is 366 g/mol. The maximum absolute atomic E-state index is 6.13. The van der Waals surface area contributed by atoms with Gasteiger partial charge in [0, 0.05) is 18.5 Å². The van der Waals surface area contributed by atoms with Crippen LogP contribution in [0.3, 0.4) is 0 Å². The van der Waals surface area contributed by atoms with Gasteiger partial charge in [-0.1, -0.05) is 12.1 Å². The number of para-hydroxylation sites is 1. The van der Waals surface area contributed by atoms with Crippen LogP contribution in [0.1, 0.15) is 30.7 Å². The summed E-state index contributed by atoms with van der Waals surface area (Å²) < 4.78 is 17.2. The third-order valence-corrected chi connectivity index (χ3v) is 5.34. The molecule has 0 aliphatic carbocycles. The summed E-state index contributed by atoms with van der Waals surface area (Å²) in [5, 5.41) is 1.07. The Kier molecular flexibility index (Phi) is 4.68. The number of nitrogens with zero attached hydrogens (tertiary/aromatic N) is 3. The van der Waals surface area contributed by atoms with Crippen molar-refractivity contribution in [3.05, 3.63) is 60.2 Å². The summed E-state index contributed by atoms with van der Waals surface area (Å²) in [5.41, 5.74) is 1.63. The van der Waals surface area contributed by atoms with Gasteiger partial charge in [0.2, 0.25) is 0 Å². The number of anilines is 1. The summed E-state index contributed by atoms with van der Waals surface area (Å²) >= 11 is 0. The number of rotatable bonds is 5. The standard InChI is InChI=1S/C23H23N3O3/c1-16-18(24-23(29-16)20-9-6-14-27-20)15-28-19-8-5-7-17-10-11-21(25-22(17)19)26-12-3-2-4-13-26/h5-11,14H,2-4,12-13,15H2,1H3. The Hall–Kier alpha value is -3.28. The number of pyridine rings is 1. The Morgan fingerprint density at radius 3 is 2.72 bits per heavy atom. The van der Waals surface area contributed by atoms with Crippen LogP contribution in [0.2, 0.25) is 0 Å². The highest BCUT2D eigenvalue weighted by Crippen LogP contribution is 2.29. The van der Waals surface area contributed by atoms with E-state index in [0.717, 1.165) is 47.0 Å². The molecule has 6 nitrogen and oxygen atoms in total. The van der Waals surface area contributed by atoms with Crippen LogP contribution in [-0.4, -0.2) is 23.1 Å². The summed E-state index contributed by atoms with van der Waals surface area (Å²) in [6.07, 6.45) is 5.35. The number of aromatic nitrogens is 2. The molecule has 4 heterocycles. The van der Waals surface area contributed by atoms with Crippen LogP contribution in [0.5, 0.6) is 5.75 Å². The van der Waals surface area contributed by atoms with E-state index in [-0.39, 0.29) is 0 Å². The lowest BCUT2D eigenvalue weighted by Gasteiger charge is -2.28. The lowest BCUT2D eigenvalue weighted by Crippen LogP contribution is -2.30. The van der Waals surface area contributed by atoms with E-state index in [0.29, 0.717) is 18.3 Å². The molecule has 4 aromatic rings. The Morgan fingerprint density at radius 1 is 1.00 bits per heavy atom. The molecule has 1 saturated heterocycles. The molecule has 1 aliphatic heterocycles. The predicted octanol–water partition coefficient (Wildman–Crippen LogP) is 5.36. The van der Waals surface area contributed by atoms with Gasteiger partial charge in [-0.3, -0.25) is 0 Å². The first-order valence-corrected chi connectivity index (χ1v) is 10.1. The summed E-state index contributed by atoms with van der Waals surface area (Å²) in [7, 11) is 0. The Bertz CT molecular complexity index is 1110. The van der Waals surface area contributed by atoms with E-state index < -0.39 is 0 Å². The number of furan rings is 1.